The third-order valence-electron chi connectivity index (χ3n) is 3.53. The fourth-order valence-electron chi connectivity index (χ4n) is 2.33. The summed E-state index contributed by atoms with van der Waals surface area (Å²) in [6.07, 6.45) is 4.00. The number of carbonyl (C=O) groups is 1. The van der Waals surface area contributed by atoms with E-state index in [1.807, 2.05) is 24.4 Å². The zero-order chi connectivity index (χ0) is 13.5. The first-order chi connectivity index (χ1) is 9.28. The van der Waals surface area contributed by atoms with E-state index in [0.29, 0.717) is 12.6 Å². The van der Waals surface area contributed by atoms with Gasteiger partial charge in [0.25, 0.3) is 0 Å². The van der Waals surface area contributed by atoms with Crippen molar-refractivity contribution in [3.05, 3.63) is 30.1 Å². The van der Waals surface area contributed by atoms with Gasteiger partial charge in [0, 0.05) is 38.9 Å². The Balaban J connectivity index is 1.67. The van der Waals surface area contributed by atoms with Crippen LogP contribution in [-0.4, -0.2) is 48.5 Å². The Kier molecular flexibility index (Phi) is 5.30. The van der Waals surface area contributed by atoms with Gasteiger partial charge in [-0.3, -0.25) is 14.7 Å². The van der Waals surface area contributed by atoms with Crippen LogP contribution in [0.4, 0.5) is 0 Å². The maximum Gasteiger partial charge on any atom is 0.233 e. The van der Waals surface area contributed by atoms with Crippen LogP contribution < -0.4 is 10.6 Å². The molecule has 1 aromatic rings. The van der Waals surface area contributed by atoms with Crippen LogP contribution in [0.5, 0.6) is 0 Å². The van der Waals surface area contributed by atoms with Gasteiger partial charge in [-0.1, -0.05) is 6.07 Å². The maximum absolute atomic E-state index is 11.3. The Labute approximate surface area is 114 Å². The summed E-state index contributed by atoms with van der Waals surface area (Å²) in [4.78, 5) is 17.8. The summed E-state index contributed by atoms with van der Waals surface area (Å²) in [6.45, 7) is 3.30. The number of nitrogens with zero attached hydrogens (tertiary/aromatic N) is 2. The largest absolute Gasteiger partial charge is 0.358 e. The Hall–Kier alpha value is -1.46. The molecule has 5 heteroatoms. The van der Waals surface area contributed by atoms with Gasteiger partial charge in [-0.25, -0.2) is 0 Å². The third kappa shape index (κ3) is 4.61. The van der Waals surface area contributed by atoms with E-state index in [4.69, 9.17) is 0 Å². The summed E-state index contributed by atoms with van der Waals surface area (Å²) >= 11 is 0. The van der Waals surface area contributed by atoms with Gasteiger partial charge in [-0.15, -0.1) is 0 Å². The van der Waals surface area contributed by atoms with Crippen LogP contribution in [0.15, 0.2) is 24.4 Å². The van der Waals surface area contributed by atoms with Crippen molar-refractivity contribution in [3.63, 3.8) is 0 Å². The summed E-state index contributed by atoms with van der Waals surface area (Å²) in [5.74, 6) is 0.0971. The van der Waals surface area contributed by atoms with Crippen LogP contribution in [0.1, 0.15) is 18.5 Å². The number of nitrogens with one attached hydrogen (secondary N) is 2. The zero-order valence-corrected chi connectivity index (χ0v) is 11.4. The molecule has 0 unspecified atom stereocenters. The quantitative estimate of drug-likeness (QED) is 0.805. The van der Waals surface area contributed by atoms with Crippen molar-refractivity contribution in [1.29, 1.82) is 0 Å². The second-order valence-electron chi connectivity index (χ2n) is 4.93. The van der Waals surface area contributed by atoms with Gasteiger partial charge in [0.2, 0.25) is 5.91 Å². The number of hydrogen-bond donors (Lipinski definition) is 2. The zero-order valence-electron chi connectivity index (χ0n) is 11.4. The first-order valence-electron chi connectivity index (χ1n) is 6.84. The molecular formula is C14H22N4O. The Morgan fingerprint density at radius 2 is 2.21 bits per heavy atom. The predicted octanol–water partition coefficient (Wildman–Crippen LogP) is 0.382. The summed E-state index contributed by atoms with van der Waals surface area (Å²) < 4.78 is 0. The van der Waals surface area contributed by atoms with E-state index in [-0.39, 0.29) is 5.91 Å². The molecule has 2 N–H and O–H groups in total. The lowest BCUT2D eigenvalue weighted by atomic mass is 10.0. The fraction of sp³-hybridized carbons (Fsp3) is 0.571. The minimum absolute atomic E-state index is 0.0971. The van der Waals surface area contributed by atoms with Gasteiger partial charge < -0.3 is 10.6 Å². The number of rotatable bonds is 5. The molecule has 0 radical (unpaired) electrons. The number of amides is 1. The number of likely N-dealkylation sites (N-methyl/N-ethyl adjacent to an activating group) is 1. The molecule has 1 saturated heterocycles. The minimum Gasteiger partial charge on any atom is -0.358 e. The summed E-state index contributed by atoms with van der Waals surface area (Å²) in [6, 6.07) is 6.51. The number of piperidine rings is 1. The Bertz CT molecular complexity index is 388. The van der Waals surface area contributed by atoms with E-state index in [1.54, 1.807) is 7.05 Å². The molecule has 1 aromatic heterocycles. The van der Waals surface area contributed by atoms with E-state index >= 15 is 0 Å². The highest BCUT2D eigenvalue weighted by Gasteiger charge is 2.19. The van der Waals surface area contributed by atoms with Crippen LogP contribution in [0, 0.1) is 0 Å². The fourth-order valence-corrected chi connectivity index (χ4v) is 2.33. The summed E-state index contributed by atoms with van der Waals surface area (Å²) in [5.41, 5.74) is 1.08. The van der Waals surface area contributed by atoms with Gasteiger partial charge >= 0.3 is 0 Å². The molecule has 0 spiro atoms. The Morgan fingerprint density at radius 1 is 1.42 bits per heavy atom. The molecule has 19 heavy (non-hydrogen) atoms. The molecule has 1 aliphatic rings. The highest BCUT2D eigenvalue weighted by Crippen LogP contribution is 2.10. The van der Waals surface area contributed by atoms with Gasteiger partial charge in [0.1, 0.15) is 0 Å². The molecule has 0 aromatic carbocycles. The lowest BCUT2D eigenvalue weighted by Crippen LogP contribution is -2.45. The van der Waals surface area contributed by atoms with Crippen molar-refractivity contribution in [2.45, 2.75) is 25.4 Å². The van der Waals surface area contributed by atoms with Crippen LogP contribution in [0.2, 0.25) is 0 Å². The average molecular weight is 262 g/mol. The van der Waals surface area contributed by atoms with E-state index in [1.165, 1.54) is 0 Å². The second-order valence-corrected chi connectivity index (χ2v) is 4.93. The highest BCUT2D eigenvalue weighted by atomic mass is 16.1. The van der Waals surface area contributed by atoms with E-state index in [9.17, 15) is 4.79 Å². The summed E-state index contributed by atoms with van der Waals surface area (Å²) in [7, 11) is 1.68. The van der Waals surface area contributed by atoms with Gasteiger partial charge in [-0.05, 0) is 25.0 Å². The van der Waals surface area contributed by atoms with E-state index < -0.39 is 0 Å². The van der Waals surface area contributed by atoms with E-state index in [0.717, 1.165) is 38.2 Å². The monoisotopic (exact) mass is 262 g/mol. The molecule has 0 saturated carbocycles. The summed E-state index contributed by atoms with van der Waals surface area (Å²) in [5, 5.41) is 6.20. The number of pyridine rings is 1. The number of hydrogen-bond acceptors (Lipinski definition) is 4. The molecule has 0 atom stereocenters. The van der Waals surface area contributed by atoms with Gasteiger partial charge in [0.05, 0.1) is 12.2 Å². The average Bonchev–Trinajstić information content (AvgIpc) is 2.47. The molecule has 1 amide bonds. The topological polar surface area (TPSA) is 57.3 Å². The minimum atomic E-state index is 0.0971. The van der Waals surface area contributed by atoms with E-state index in [2.05, 4.69) is 20.5 Å². The van der Waals surface area contributed by atoms with Gasteiger partial charge in [0.15, 0.2) is 0 Å². The normalized spacial score (nSPS) is 17.3. The first-order valence-corrected chi connectivity index (χ1v) is 6.84. The number of aromatic nitrogens is 1. The number of likely N-dealkylation sites (tertiary alicyclic amines) is 1. The lowest BCUT2D eigenvalue weighted by molar-refractivity contribution is -0.122. The van der Waals surface area contributed by atoms with Crippen LogP contribution >= 0.6 is 0 Å². The molecule has 1 fully saturated rings. The van der Waals surface area contributed by atoms with Crippen molar-refractivity contribution in [1.82, 2.24) is 20.5 Å². The van der Waals surface area contributed by atoms with Crippen LogP contribution in [0.25, 0.3) is 0 Å². The van der Waals surface area contributed by atoms with Crippen molar-refractivity contribution in [3.8, 4) is 0 Å². The second kappa shape index (κ2) is 7.21. The molecule has 0 bridgehead atoms. The van der Waals surface area contributed by atoms with Crippen molar-refractivity contribution in [2.24, 2.45) is 0 Å². The third-order valence-corrected chi connectivity index (χ3v) is 3.53. The molecule has 104 valence electrons. The van der Waals surface area contributed by atoms with Crippen LogP contribution in [-0.2, 0) is 11.3 Å². The SMILES string of the molecule is CNC(=O)CN1CCC(NCc2ccccn2)CC1. The Morgan fingerprint density at radius 3 is 2.84 bits per heavy atom. The van der Waals surface area contributed by atoms with Gasteiger partial charge in [-0.2, -0.15) is 0 Å². The van der Waals surface area contributed by atoms with Crippen molar-refractivity contribution >= 4 is 5.91 Å². The standard InChI is InChI=1S/C14H22N4O/c1-15-14(19)11-18-8-5-12(6-9-18)17-10-13-4-2-3-7-16-13/h2-4,7,12,17H,5-6,8-11H2,1H3,(H,15,19). The molecule has 0 aliphatic carbocycles. The van der Waals surface area contributed by atoms with Crippen molar-refractivity contribution in [2.75, 3.05) is 26.7 Å². The molecule has 2 rings (SSSR count). The maximum atomic E-state index is 11.3. The van der Waals surface area contributed by atoms with Crippen LogP contribution in [0.3, 0.4) is 0 Å². The number of carbonyl (C=O) groups excluding carboxylic acids is 1. The predicted molar refractivity (Wildman–Crippen MR) is 74.6 cm³/mol. The lowest BCUT2D eigenvalue weighted by Gasteiger charge is -2.31. The highest BCUT2D eigenvalue weighted by molar-refractivity contribution is 5.77. The first kappa shape index (κ1) is 14.0. The van der Waals surface area contributed by atoms with Crippen molar-refractivity contribution < 1.29 is 4.79 Å². The molecular weight excluding hydrogens is 240 g/mol. The smallest absolute Gasteiger partial charge is 0.233 e. The molecule has 2 heterocycles. The molecule has 1 aliphatic heterocycles. The molecule has 5 nitrogen and oxygen atoms in total.